The summed E-state index contributed by atoms with van der Waals surface area (Å²) in [5.41, 5.74) is 5.07. The Bertz CT molecular complexity index is 587. The molecule has 26 heavy (non-hydrogen) atoms. The zero-order chi connectivity index (χ0) is 19.9. The van der Waals surface area contributed by atoms with Crippen LogP contribution in [-0.4, -0.2) is 43.8 Å². The minimum Gasteiger partial charge on any atom is -0.466 e. The van der Waals surface area contributed by atoms with Gasteiger partial charge in [0.15, 0.2) is 0 Å². The summed E-state index contributed by atoms with van der Waals surface area (Å²) in [7, 11) is 0. The quantitative estimate of drug-likeness (QED) is 0.624. The summed E-state index contributed by atoms with van der Waals surface area (Å²) < 4.78 is 8.71. The molecule has 1 amide bonds. The molecule has 0 radical (unpaired) electrons. The molecule has 144 valence electrons. The van der Waals surface area contributed by atoms with E-state index in [4.69, 9.17) is 5.41 Å². The number of nitrogens with zero attached hydrogens (tertiary/aromatic N) is 1. The first-order valence-electron chi connectivity index (χ1n) is 8.28. The molecule has 2 rings (SSSR count). The van der Waals surface area contributed by atoms with Crippen molar-refractivity contribution in [2.24, 2.45) is 0 Å². The Morgan fingerprint density at radius 2 is 1.77 bits per heavy atom. The number of aryl methyl sites for hydroxylation is 1. The second kappa shape index (κ2) is 13.4. The van der Waals surface area contributed by atoms with E-state index >= 15 is 0 Å². The van der Waals surface area contributed by atoms with Gasteiger partial charge in [0.25, 0.3) is 0 Å². The second-order valence-electron chi connectivity index (χ2n) is 5.09. The van der Waals surface area contributed by atoms with Crippen LogP contribution < -0.4 is 10.4 Å². The molecule has 1 aliphatic heterocycles. The number of hydrogen-bond acceptors (Lipinski definition) is 7. The maximum atomic E-state index is 10.9. The van der Waals surface area contributed by atoms with E-state index < -0.39 is 5.97 Å². The molecule has 8 nitrogen and oxygen atoms in total. The molecular weight excluding hydrogens is 338 g/mol. The van der Waals surface area contributed by atoms with Gasteiger partial charge in [0.05, 0.1) is 18.9 Å². The van der Waals surface area contributed by atoms with E-state index in [2.05, 4.69) is 14.9 Å². The average molecular weight is 365 g/mol. The molecule has 1 aromatic rings. The summed E-state index contributed by atoms with van der Waals surface area (Å²) in [6.07, 6.45) is 1.23. The standard InChI is InChI=1S/C10H12N2O.C4H7NO2.C4H8O2/c1-8-2-4-9(5-3-8)12-7-6-10(13)11-12;1-2-7-4(6)3-5;1-3-6-4(2)5/h2-5H,6-7H2,1H3,(H,11,13);3,5H,2H2,1H3;3H2,1-2H3. The average Bonchev–Trinajstić information content (AvgIpc) is 3.03. The van der Waals surface area contributed by atoms with Gasteiger partial charge in [-0.15, -0.1) is 0 Å². The Hall–Kier alpha value is -2.90. The molecule has 1 aromatic carbocycles. The van der Waals surface area contributed by atoms with E-state index in [1.54, 1.807) is 13.8 Å². The van der Waals surface area contributed by atoms with Crippen LogP contribution in [0.3, 0.4) is 0 Å². The van der Waals surface area contributed by atoms with Crippen LogP contribution in [0.1, 0.15) is 32.8 Å². The smallest absolute Gasteiger partial charge is 0.348 e. The van der Waals surface area contributed by atoms with E-state index in [0.717, 1.165) is 12.2 Å². The molecule has 0 spiro atoms. The van der Waals surface area contributed by atoms with Gasteiger partial charge >= 0.3 is 11.9 Å². The summed E-state index contributed by atoms with van der Waals surface area (Å²) in [5, 5.41) is 8.19. The molecule has 1 heterocycles. The molecule has 1 saturated heterocycles. The Kier molecular flexibility index (Phi) is 11.9. The SMILES string of the molecule is CCOC(=O)C=N.CCOC(C)=O.Cc1ccc(N2CCC(=O)N2)cc1. The highest BCUT2D eigenvalue weighted by atomic mass is 16.5. The minimum atomic E-state index is -0.581. The number of esters is 2. The highest BCUT2D eigenvalue weighted by Gasteiger charge is 2.17. The summed E-state index contributed by atoms with van der Waals surface area (Å²) >= 11 is 0. The van der Waals surface area contributed by atoms with Gasteiger partial charge in [-0.1, -0.05) is 17.7 Å². The van der Waals surface area contributed by atoms with Gasteiger partial charge < -0.3 is 14.9 Å². The molecule has 1 fully saturated rings. The lowest BCUT2D eigenvalue weighted by Gasteiger charge is -2.16. The van der Waals surface area contributed by atoms with E-state index in [-0.39, 0.29) is 11.9 Å². The number of rotatable bonds is 4. The number of benzene rings is 1. The normalized spacial score (nSPS) is 11.8. The summed E-state index contributed by atoms with van der Waals surface area (Å²) in [5.74, 6) is -0.694. The lowest BCUT2D eigenvalue weighted by Crippen LogP contribution is -2.32. The fraction of sp³-hybridized carbons (Fsp3) is 0.444. The highest BCUT2D eigenvalue weighted by molar-refractivity contribution is 6.21. The first-order valence-corrected chi connectivity index (χ1v) is 8.28. The van der Waals surface area contributed by atoms with Crippen LogP contribution >= 0.6 is 0 Å². The largest absolute Gasteiger partial charge is 0.466 e. The maximum Gasteiger partial charge on any atom is 0.348 e. The van der Waals surface area contributed by atoms with Crippen molar-refractivity contribution in [2.45, 2.75) is 34.1 Å². The predicted octanol–water partition coefficient (Wildman–Crippen LogP) is 2.00. The molecule has 0 saturated carbocycles. The molecule has 0 unspecified atom stereocenters. The number of carbonyl (C=O) groups is 3. The van der Waals surface area contributed by atoms with Gasteiger partial charge in [0.1, 0.15) is 6.21 Å². The summed E-state index contributed by atoms with van der Waals surface area (Å²) in [6.45, 7) is 8.50. The number of amides is 1. The van der Waals surface area contributed by atoms with Gasteiger partial charge in [0.2, 0.25) is 5.91 Å². The Morgan fingerprint density at radius 3 is 2.08 bits per heavy atom. The van der Waals surface area contributed by atoms with Crippen LogP contribution in [0.2, 0.25) is 0 Å². The topological polar surface area (TPSA) is 109 Å². The fourth-order valence-electron chi connectivity index (χ4n) is 1.78. The number of ether oxygens (including phenoxy) is 2. The van der Waals surface area contributed by atoms with Gasteiger partial charge in [-0.05, 0) is 32.9 Å². The Morgan fingerprint density at radius 1 is 1.19 bits per heavy atom. The van der Waals surface area contributed by atoms with Gasteiger partial charge in [-0.25, -0.2) is 4.79 Å². The van der Waals surface area contributed by atoms with E-state index in [0.29, 0.717) is 25.8 Å². The summed E-state index contributed by atoms with van der Waals surface area (Å²) in [6, 6.07) is 8.11. The monoisotopic (exact) mass is 365 g/mol. The van der Waals surface area contributed by atoms with Crippen molar-refractivity contribution >= 4 is 29.7 Å². The van der Waals surface area contributed by atoms with Crippen molar-refractivity contribution in [2.75, 3.05) is 24.8 Å². The molecule has 0 bridgehead atoms. The predicted molar refractivity (Wildman–Crippen MR) is 99.0 cm³/mol. The van der Waals surface area contributed by atoms with E-state index in [9.17, 15) is 14.4 Å². The van der Waals surface area contributed by atoms with E-state index in [1.807, 2.05) is 36.2 Å². The highest BCUT2D eigenvalue weighted by Crippen LogP contribution is 2.15. The third kappa shape index (κ3) is 10.8. The second-order valence-corrected chi connectivity index (χ2v) is 5.09. The van der Waals surface area contributed by atoms with Crippen molar-refractivity contribution in [3.8, 4) is 0 Å². The third-order valence-electron chi connectivity index (χ3n) is 2.92. The van der Waals surface area contributed by atoms with Crippen molar-refractivity contribution in [1.82, 2.24) is 5.43 Å². The van der Waals surface area contributed by atoms with Crippen LogP contribution in [0, 0.1) is 12.3 Å². The molecular formula is C18H27N3O5. The molecule has 0 atom stereocenters. The molecule has 0 aliphatic carbocycles. The first-order chi connectivity index (χ1) is 12.3. The number of hydrogen-bond donors (Lipinski definition) is 2. The van der Waals surface area contributed by atoms with Gasteiger partial charge in [-0.2, -0.15) is 0 Å². The molecule has 2 N–H and O–H groups in total. The van der Waals surface area contributed by atoms with Crippen LogP contribution in [-0.2, 0) is 23.9 Å². The lowest BCUT2D eigenvalue weighted by molar-refractivity contribution is -0.140. The van der Waals surface area contributed by atoms with Crippen LogP contribution in [0.5, 0.6) is 0 Å². The zero-order valence-corrected chi connectivity index (χ0v) is 15.7. The van der Waals surface area contributed by atoms with Crippen LogP contribution in [0.4, 0.5) is 5.69 Å². The number of hydrazine groups is 1. The number of nitrogens with one attached hydrogen (secondary N) is 2. The van der Waals surface area contributed by atoms with Gasteiger partial charge in [0, 0.05) is 19.9 Å². The fourth-order valence-corrected chi connectivity index (χ4v) is 1.78. The van der Waals surface area contributed by atoms with Crippen molar-refractivity contribution in [1.29, 1.82) is 5.41 Å². The van der Waals surface area contributed by atoms with Crippen LogP contribution in [0.15, 0.2) is 24.3 Å². The lowest BCUT2D eigenvalue weighted by atomic mass is 10.2. The third-order valence-corrected chi connectivity index (χ3v) is 2.92. The van der Waals surface area contributed by atoms with E-state index in [1.165, 1.54) is 12.5 Å². The Balaban J connectivity index is 0.000000411. The number of carbonyl (C=O) groups excluding carboxylic acids is 3. The van der Waals surface area contributed by atoms with Crippen molar-refractivity contribution in [3.63, 3.8) is 0 Å². The van der Waals surface area contributed by atoms with Crippen molar-refractivity contribution in [3.05, 3.63) is 29.8 Å². The van der Waals surface area contributed by atoms with Crippen LogP contribution in [0.25, 0.3) is 0 Å². The van der Waals surface area contributed by atoms with Gasteiger partial charge in [-0.3, -0.25) is 20.0 Å². The minimum absolute atomic E-state index is 0.0978. The summed E-state index contributed by atoms with van der Waals surface area (Å²) in [4.78, 5) is 30.7. The molecule has 1 aliphatic rings. The number of anilines is 1. The Labute approximate surface area is 153 Å². The molecule has 8 heteroatoms. The first kappa shape index (κ1) is 23.1. The zero-order valence-electron chi connectivity index (χ0n) is 15.7. The molecule has 0 aromatic heterocycles. The maximum absolute atomic E-state index is 10.9. The van der Waals surface area contributed by atoms with Crippen molar-refractivity contribution < 1.29 is 23.9 Å².